The Hall–Kier alpha value is -3.02. The average molecular weight is 339 g/mol. The highest BCUT2D eigenvalue weighted by molar-refractivity contribution is 5.97. The van der Waals surface area contributed by atoms with Gasteiger partial charge < -0.3 is 9.88 Å². The van der Waals surface area contributed by atoms with Crippen LogP contribution in [0.4, 0.5) is 4.39 Å². The van der Waals surface area contributed by atoms with E-state index in [2.05, 4.69) is 10.3 Å². The monoisotopic (exact) mass is 339 g/mol. The fraction of sp³-hybridized carbons (Fsp3) is 0.211. The molecule has 1 amide bonds. The lowest BCUT2D eigenvalue weighted by Gasteiger charge is -2.13. The van der Waals surface area contributed by atoms with Crippen LogP contribution < -0.4 is 10.7 Å². The number of aromatic nitrogens is 2. The Morgan fingerprint density at radius 1 is 1.24 bits per heavy atom. The third-order valence-electron chi connectivity index (χ3n) is 3.78. The Morgan fingerprint density at radius 2 is 1.96 bits per heavy atom. The molecule has 0 atom stereocenters. The third kappa shape index (κ3) is 3.42. The maximum atomic E-state index is 13.2. The summed E-state index contributed by atoms with van der Waals surface area (Å²) in [4.78, 5) is 29.4. The molecule has 1 aromatic carbocycles. The summed E-state index contributed by atoms with van der Waals surface area (Å²) in [6.07, 6.45) is 3.03. The molecule has 0 spiro atoms. The number of fused-ring (bicyclic) bond motifs is 1. The average Bonchev–Trinajstić information content (AvgIpc) is 2.61. The zero-order valence-corrected chi connectivity index (χ0v) is 14.0. The van der Waals surface area contributed by atoms with E-state index < -0.39 is 5.91 Å². The van der Waals surface area contributed by atoms with Crippen LogP contribution in [0.25, 0.3) is 16.7 Å². The van der Waals surface area contributed by atoms with E-state index in [1.807, 2.05) is 13.8 Å². The van der Waals surface area contributed by atoms with Crippen molar-refractivity contribution in [2.75, 3.05) is 6.54 Å². The first-order valence-corrected chi connectivity index (χ1v) is 8.02. The number of rotatable bonds is 4. The standard InChI is InChI=1S/C19H18FN3O2/c1-12(2)10-22-19(25)16-11-23(14-7-5-13(20)6-8-14)18-15(17(16)24)4-3-9-21-18/h3-9,11-12H,10H2,1-2H3,(H,22,25). The minimum Gasteiger partial charge on any atom is -0.352 e. The second-order valence-electron chi connectivity index (χ2n) is 6.20. The van der Waals surface area contributed by atoms with Gasteiger partial charge in [0.1, 0.15) is 17.0 Å². The van der Waals surface area contributed by atoms with Gasteiger partial charge in [0.2, 0.25) is 5.43 Å². The van der Waals surface area contributed by atoms with Crippen molar-refractivity contribution in [2.24, 2.45) is 5.92 Å². The second-order valence-corrected chi connectivity index (χ2v) is 6.20. The third-order valence-corrected chi connectivity index (χ3v) is 3.78. The fourth-order valence-electron chi connectivity index (χ4n) is 2.51. The van der Waals surface area contributed by atoms with Crippen molar-refractivity contribution in [1.82, 2.24) is 14.9 Å². The molecule has 2 heterocycles. The SMILES string of the molecule is CC(C)CNC(=O)c1cn(-c2ccc(F)cc2)c2ncccc2c1=O. The molecule has 0 bridgehead atoms. The molecular formula is C19H18FN3O2. The maximum Gasteiger partial charge on any atom is 0.256 e. The van der Waals surface area contributed by atoms with E-state index in [-0.39, 0.29) is 22.7 Å². The zero-order chi connectivity index (χ0) is 18.0. The van der Waals surface area contributed by atoms with E-state index in [4.69, 9.17) is 0 Å². The highest BCUT2D eigenvalue weighted by Crippen LogP contribution is 2.16. The summed E-state index contributed by atoms with van der Waals surface area (Å²) in [7, 11) is 0. The van der Waals surface area contributed by atoms with Gasteiger partial charge in [0.15, 0.2) is 0 Å². The van der Waals surface area contributed by atoms with Gasteiger partial charge in [-0.2, -0.15) is 0 Å². The van der Waals surface area contributed by atoms with E-state index >= 15 is 0 Å². The van der Waals surface area contributed by atoms with Gasteiger partial charge in [0, 0.05) is 24.6 Å². The summed E-state index contributed by atoms with van der Waals surface area (Å²) in [6.45, 7) is 4.42. The van der Waals surface area contributed by atoms with Gasteiger partial charge in [-0.25, -0.2) is 9.37 Å². The zero-order valence-electron chi connectivity index (χ0n) is 14.0. The van der Waals surface area contributed by atoms with Gasteiger partial charge >= 0.3 is 0 Å². The number of benzene rings is 1. The van der Waals surface area contributed by atoms with Crippen molar-refractivity contribution in [3.63, 3.8) is 0 Å². The lowest BCUT2D eigenvalue weighted by Crippen LogP contribution is -2.32. The first-order valence-electron chi connectivity index (χ1n) is 8.02. The molecule has 1 N–H and O–H groups in total. The second kappa shape index (κ2) is 6.84. The van der Waals surface area contributed by atoms with E-state index in [0.29, 0.717) is 23.3 Å². The number of carbonyl (C=O) groups is 1. The minimum atomic E-state index is -0.430. The fourth-order valence-corrected chi connectivity index (χ4v) is 2.51. The van der Waals surface area contributed by atoms with E-state index in [1.165, 1.54) is 18.3 Å². The predicted octanol–water partition coefficient (Wildman–Crippen LogP) is 2.91. The van der Waals surface area contributed by atoms with Crippen molar-refractivity contribution in [1.29, 1.82) is 0 Å². The smallest absolute Gasteiger partial charge is 0.256 e. The van der Waals surface area contributed by atoms with Crippen molar-refractivity contribution in [2.45, 2.75) is 13.8 Å². The van der Waals surface area contributed by atoms with Crippen molar-refractivity contribution >= 4 is 16.9 Å². The molecule has 6 heteroatoms. The Kier molecular flexibility index (Phi) is 4.61. The van der Waals surface area contributed by atoms with Crippen LogP contribution in [0.3, 0.4) is 0 Å². The molecule has 0 fully saturated rings. The number of hydrogen-bond donors (Lipinski definition) is 1. The van der Waals surface area contributed by atoms with Crippen molar-refractivity contribution in [3.8, 4) is 5.69 Å². The summed E-state index contributed by atoms with van der Waals surface area (Å²) < 4.78 is 14.9. The van der Waals surface area contributed by atoms with Gasteiger partial charge in [-0.3, -0.25) is 9.59 Å². The number of amides is 1. The first kappa shape index (κ1) is 16.8. The normalized spacial score (nSPS) is 11.0. The number of hydrogen-bond acceptors (Lipinski definition) is 3. The van der Waals surface area contributed by atoms with Crippen LogP contribution >= 0.6 is 0 Å². The molecule has 25 heavy (non-hydrogen) atoms. The molecule has 0 saturated heterocycles. The van der Waals surface area contributed by atoms with Crippen LogP contribution in [0.15, 0.2) is 53.6 Å². The van der Waals surface area contributed by atoms with Crippen LogP contribution in [0.1, 0.15) is 24.2 Å². The molecule has 0 aliphatic rings. The van der Waals surface area contributed by atoms with Gasteiger partial charge in [-0.15, -0.1) is 0 Å². The quantitative estimate of drug-likeness (QED) is 0.795. The maximum absolute atomic E-state index is 13.2. The molecule has 128 valence electrons. The number of nitrogens with zero attached hydrogens (tertiary/aromatic N) is 2. The molecule has 5 nitrogen and oxygen atoms in total. The largest absolute Gasteiger partial charge is 0.352 e. The Bertz CT molecular complexity index is 978. The number of pyridine rings is 2. The molecule has 0 unspecified atom stereocenters. The lowest BCUT2D eigenvalue weighted by molar-refractivity contribution is 0.0947. The molecular weight excluding hydrogens is 321 g/mol. The van der Waals surface area contributed by atoms with Gasteiger partial charge in [-0.1, -0.05) is 13.8 Å². The van der Waals surface area contributed by atoms with Crippen LogP contribution in [-0.2, 0) is 0 Å². The molecule has 3 rings (SSSR count). The number of carbonyl (C=O) groups excluding carboxylic acids is 1. The number of halogens is 1. The Labute approximate surface area is 144 Å². The van der Waals surface area contributed by atoms with Crippen LogP contribution in [0, 0.1) is 11.7 Å². The topological polar surface area (TPSA) is 64.0 Å². The van der Waals surface area contributed by atoms with Gasteiger partial charge in [0.25, 0.3) is 5.91 Å². The highest BCUT2D eigenvalue weighted by Gasteiger charge is 2.16. The Morgan fingerprint density at radius 3 is 2.64 bits per heavy atom. The van der Waals surface area contributed by atoms with Crippen LogP contribution in [-0.4, -0.2) is 22.0 Å². The highest BCUT2D eigenvalue weighted by atomic mass is 19.1. The molecule has 0 radical (unpaired) electrons. The van der Waals surface area contributed by atoms with E-state index in [0.717, 1.165) is 0 Å². The van der Waals surface area contributed by atoms with Crippen LogP contribution in [0.2, 0.25) is 0 Å². The van der Waals surface area contributed by atoms with Crippen molar-refractivity contribution < 1.29 is 9.18 Å². The minimum absolute atomic E-state index is 0.0328. The van der Waals surface area contributed by atoms with E-state index in [9.17, 15) is 14.0 Å². The molecule has 0 saturated carbocycles. The van der Waals surface area contributed by atoms with Gasteiger partial charge in [0.05, 0.1) is 5.39 Å². The predicted molar refractivity (Wildman–Crippen MR) is 94.5 cm³/mol. The first-order chi connectivity index (χ1) is 12.0. The molecule has 0 aliphatic carbocycles. The molecule has 0 aliphatic heterocycles. The summed E-state index contributed by atoms with van der Waals surface area (Å²) in [6, 6.07) is 9.06. The lowest BCUT2D eigenvalue weighted by atomic mass is 10.1. The van der Waals surface area contributed by atoms with Crippen LogP contribution in [0.5, 0.6) is 0 Å². The summed E-state index contributed by atoms with van der Waals surface area (Å²) in [5, 5.41) is 3.10. The van der Waals surface area contributed by atoms with Crippen molar-refractivity contribution in [3.05, 3.63) is 70.4 Å². The van der Waals surface area contributed by atoms with Gasteiger partial charge in [-0.05, 0) is 42.3 Å². The van der Waals surface area contributed by atoms with E-state index in [1.54, 1.807) is 35.0 Å². The molecule has 2 aromatic heterocycles. The number of nitrogens with one attached hydrogen (secondary N) is 1. The summed E-state index contributed by atoms with van der Waals surface area (Å²) in [5.41, 5.74) is 0.690. The Balaban J connectivity index is 2.19. The summed E-state index contributed by atoms with van der Waals surface area (Å²) in [5.74, 6) is -0.525. The summed E-state index contributed by atoms with van der Waals surface area (Å²) >= 11 is 0. The molecule has 3 aromatic rings.